The number of esters is 4. The molecule has 0 amide bonds. The SMILES string of the molecule is CCOC(=O)C1=C(CC)C(C(=O)OC)=C([O-])C1.CCOC(=O)CC(=O)CC.COC(=O)CC(=O)CCl.[Na+]. The minimum Gasteiger partial charge on any atom is -0.875 e. The topological polar surface area (TPSA) is 162 Å². The molecule has 37 heavy (non-hydrogen) atoms. The van der Waals surface area contributed by atoms with Crippen LogP contribution in [0.5, 0.6) is 0 Å². The van der Waals surface area contributed by atoms with Crippen molar-refractivity contribution in [1.29, 1.82) is 0 Å². The summed E-state index contributed by atoms with van der Waals surface area (Å²) in [6.45, 7) is 7.48. The number of halogens is 1. The molecule has 0 unspecified atom stereocenters. The van der Waals surface area contributed by atoms with E-state index < -0.39 is 23.9 Å². The molecular weight excluding hydrogens is 523 g/mol. The van der Waals surface area contributed by atoms with E-state index >= 15 is 0 Å². The Morgan fingerprint density at radius 3 is 1.76 bits per heavy atom. The third kappa shape index (κ3) is 16.3. The van der Waals surface area contributed by atoms with Crippen LogP contribution >= 0.6 is 11.6 Å². The van der Waals surface area contributed by atoms with Crippen molar-refractivity contribution in [2.24, 2.45) is 0 Å². The van der Waals surface area contributed by atoms with Gasteiger partial charge in [-0.1, -0.05) is 13.8 Å². The fourth-order valence-corrected chi connectivity index (χ4v) is 2.69. The van der Waals surface area contributed by atoms with Crippen LogP contribution in [0.1, 0.15) is 59.8 Å². The molecule has 0 heterocycles. The average Bonchev–Trinajstić information content (AvgIpc) is 3.20. The number of hydrogen-bond donors (Lipinski definition) is 0. The van der Waals surface area contributed by atoms with Crippen molar-refractivity contribution in [3.05, 3.63) is 22.5 Å². The van der Waals surface area contributed by atoms with Gasteiger partial charge in [-0.25, -0.2) is 9.59 Å². The van der Waals surface area contributed by atoms with E-state index in [1.807, 2.05) is 0 Å². The van der Waals surface area contributed by atoms with Gasteiger partial charge in [-0.3, -0.25) is 19.2 Å². The molecule has 1 rings (SSSR count). The van der Waals surface area contributed by atoms with Crippen LogP contribution in [0.3, 0.4) is 0 Å². The van der Waals surface area contributed by atoms with Gasteiger partial charge in [-0.2, -0.15) is 0 Å². The van der Waals surface area contributed by atoms with Crippen molar-refractivity contribution in [2.45, 2.75) is 59.8 Å². The number of carbonyl (C=O) groups is 6. The van der Waals surface area contributed by atoms with Crippen molar-refractivity contribution < 1.29 is 82.4 Å². The summed E-state index contributed by atoms with van der Waals surface area (Å²) in [4.78, 5) is 64.9. The Kier molecular flexibility index (Phi) is 24.4. The molecule has 0 aromatic carbocycles. The van der Waals surface area contributed by atoms with Crippen LogP contribution in [0.15, 0.2) is 22.5 Å². The van der Waals surface area contributed by atoms with Gasteiger partial charge in [0.05, 0.1) is 38.9 Å². The van der Waals surface area contributed by atoms with Gasteiger partial charge in [0.15, 0.2) is 5.78 Å². The predicted molar refractivity (Wildman–Crippen MR) is 127 cm³/mol. The summed E-state index contributed by atoms with van der Waals surface area (Å²) in [5, 5.41) is 11.7. The summed E-state index contributed by atoms with van der Waals surface area (Å²) in [6, 6.07) is 0. The zero-order valence-electron chi connectivity index (χ0n) is 22.5. The maximum Gasteiger partial charge on any atom is 1.00 e. The largest absolute Gasteiger partial charge is 1.00 e. The van der Waals surface area contributed by atoms with Gasteiger partial charge in [0.25, 0.3) is 0 Å². The molecule has 204 valence electrons. The van der Waals surface area contributed by atoms with Gasteiger partial charge >= 0.3 is 53.4 Å². The first-order chi connectivity index (χ1) is 17.0. The Labute approximate surface area is 244 Å². The van der Waals surface area contributed by atoms with E-state index in [0.717, 1.165) is 0 Å². The quantitative estimate of drug-likeness (QED) is 0.0979. The van der Waals surface area contributed by atoms with Crippen LogP contribution in [-0.2, 0) is 47.7 Å². The Balaban J connectivity index is -0.000000499. The monoisotopic (exact) mass is 556 g/mol. The number of allylic oxidation sites excluding steroid dienone is 1. The molecule has 0 aromatic rings. The molecular formula is C24H34ClNaO11. The van der Waals surface area contributed by atoms with Gasteiger partial charge < -0.3 is 24.1 Å². The second-order valence-corrected chi connectivity index (χ2v) is 7.06. The minimum absolute atomic E-state index is 0. The van der Waals surface area contributed by atoms with E-state index in [2.05, 4.69) is 14.2 Å². The van der Waals surface area contributed by atoms with Crippen LogP contribution in [0.25, 0.3) is 0 Å². The zero-order chi connectivity index (χ0) is 28.3. The number of ketones is 2. The molecule has 1 aliphatic carbocycles. The number of methoxy groups -OCH3 is 2. The molecule has 0 aromatic heterocycles. The predicted octanol–water partition coefficient (Wildman–Crippen LogP) is -1.27. The summed E-state index contributed by atoms with van der Waals surface area (Å²) in [5.41, 5.74) is 0.707. The Bertz CT molecular complexity index is 849. The molecule has 0 saturated heterocycles. The van der Waals surface area contributed by atoms with Crippen molar-refractivity contribution in [2.75, 3.05) is 33.3 Å². The van der Waals surface area contributed by atoms with Crippen LogP contribution < -0.4 is 34.7 Å². The van der Waals surface area contributed by atoms with Crippen molar-refractivity contribution >= 4 is 47.0 Å². The molecule has 0 atom stereocenters. The number of rotatable bonds is 11. The summed E-state index contributed by atoms with van der Waals surface area (Å²) < 4.78 is 18.2. The van der Waals surface area contributed by atoms with Crippen LogP contribution in [-0.4, -0.2) is 68.8 Å². The van der Waals surface area contributed by atoms with Crippen molar-refractivity contribution in [3.8, 4) is 0 Å². The van der Waals surface area contributed by atoms with Gasteiger partial charge in [-0.05, 0) is 32.3 Å². The number of carbonyl (C=O) groups excluding carboxylic acids is 6. The number of hydrogen-bond acceptors (Lipinski definition) is 11. The van der Waals surface area contributed by atoms with E-state index in [-0.39, 0.29) is 89.8 Å². The molecule has 0 N–H and O–H groups in total. The Morgan fingerprint density at radius 1 is 0.811 bits per heavy atom. The smallest absolute Gasteiger partial charge is 0.875 e. The van der Waals surface area contributed by atoms with E-state index in [4.69, 9.17) is 16.3 Å². The molecule has 13 heteroatoms. The maximum atomic E-state index is 11.7. The average molecular weight is 557 g/mol. The van der Waals surface area contributed by atoms with Gasteiger partial charge in [0.1, 0.15) is 18.6 Å². The van der Waals surface area contributed by atoms with Crippen molar-refractivity contribution in [1.82, 2.24) is 0 Å². The number of alkyl halides is 1. The van der Waals surface area contributed by atoms with E-state index in [1.165, 1.54) is 14.2 Å². The first-order valence-electron chi connectivity index (χ1n) is 11.2. The number of ether oxygens (including phenoxy) is 4. The minimum atomic E-state index is -0.689. The van der Waals surface area contributed by atoms with Gasteiger partial charge in [0, 0.05) is 12.0 Å². The standard InChI is InChI=1S/C12H16O5.C7H12O3.C5H7ClO3.Na/c1-4-7-8(11(14)17-5-2)6-9(13)10(7)12(15)16-3;1-3-6(8)5-7(9)10-4-2;1-9-5(8)2-4(7)3-6;/h13H,4-6H2,1-3H3;3-5H2,1-2H3;2-3H2,1H3;/q;;;+1/p-1. The first-order valence-corrected chi connectivity index (χ1v) is 11.7. The second kappa shape index (κ2) is 22.9. The second-order valence-electron chi connectivity index (χ2n) is 6.80. The third-order valence-electron chi connectivity index (χ3n) is 4.31. The summed E-state index contributed by atoms with van der Waals surface area (Å²) in [5.74, 6) is -3.08. The van der Waals surface area contributed by atoms with Crippen LogP contribution in [0.4, 0.5) is 0 Å². The maximum absolute atomic E-state index is 11.7. The van der Waals surface area contributed by atoms with Gasteiger partial charge in [0.2, 0.25) is 0 Å². The molecule has 0 bridgehead atoms. The van der Waals surface area contributed by atoms with Gasteiger partial charge in [-0.15, -0.1) is 17.4 Å². The van der Waals surface area contributed by atoms with E-state index in [1.54, 1.807) is 27.7 Å². The molecule has 0 saturated carbocycles. The zero-order valence-corrected chi connectivity index (χ0v) is 25.3. The Morgan fingerprint density at radius 2 is 1.35 bits per heavy atom. The van der Waals surface area contributed by atoms with E-state index in [9.17, 15) is 33.9 Å². The van der Waals surface area contributed by atoms with E-state index in [0.29, 0.717) is 25.0 Å². The molecule has 0 aliphatic heterocycles. The summed E-state index contributed by atoms with van der Waals surface area (Å²) in [7, 11) is 2.43. The van der Waals surface area contributed by atoms with Crippen LogP contribution in [0, 0.1) is 0 Å². The van der Waals surface area contributed by atoms with Crippen LogP contribution in [0.2, 0.25) is 0 Å². The molecule has 0 spiro atoms. The normalized spacial score (nSPS) is 11.5. The molecule has 11 nitrogen and oxygen atoms in total. The fraction of sp³-hybridized carbons (Fsp3) is 0.583. The summed E-state index contributed by atoms with van der Waals surface area (Å²) in [6.07, 6.45) is 0.444. The fourth-order valence-electron chi connectivity index (χ4n) is 2.60. The Hall–Kier alpha value is -2.21. The van der Waals surface area contributed by atoms with Crippen molar-refractivity contribution in [3.63, 3.8) is 0 Å². The molecule has 0 radical (unpaired) electrons. The number of Topliss-reactive ketones (excluding diaryl/α,β-unsaturated/α-hetero) is 2. The molecule has 1 aliphatic rings. The summed E-state index contributed by atoms with van der Waals surface area (Å²) >= 11 is 5.10. The molecule has 0 fully saturated rings. The third-order valence-corrected chi connectivity index (χ3v) is 4.60. The first kappa shape index (κ1) is 39.3.